The standard InChI is InChI=1S/C14H21N5S/c1-10(2)13-17-18-14(20-13)15-7-6-11-9-19-8-4-3-5-12(19)16-11/h9-10H,3-8H2,1-2H3,(H,15,18). The van der Waals surface area contributed by atoms with Crippen LogP contribution in [0.25, 0.3) is 0 Å². The van der Waals surface area contributed by atoms with Gasteiger partial charge in [0.1, 0.15) is 10.8 Å². The normalized spacial score (nSPS) is 14.6. The first-order valence-electron chi connectivity index (χ1n) is 7.34. The van der Waals surface area contributed by atoms with Gasteiger partial charge >= 0.3 is 0 Å². The molecule has 0 spiro atoms. The van der Waals surface area contributed by atoms with E-state index in [2.05, 4.69) is 40.1 Å². The van der Waals surface area contributed by atoms with E-state index in [0.29, 0.717) is 5.92 Å². The number of anilines is 1. The lowest BCUT2D eigenvalue weighted by Crippen LogP contribution is -2.08. The largest absolute Gasteiger partial charge is 0.360 e. The van der Waals surface area contributed by atoms with Crippen LogP contribution in [0.2, 0.25) is 0 Å². The van der Waals surface area contributed by atoms with E-state index >= 15 is 0 Å². The number of fused-ring (bicyclic) bond motifs is 1. The predicted octanol–water partition coefficient (Wildman–Crippen LogP) is 2.85. The molecule has 2 aromatic rings. The summed E-state index contributed by atoms with van der Waals surface area (Å²) >= 11 is 1.64. The molecule has 0 aliphatic carbocycles. The maximum Gasteiger partial charge on any atom is 0.205 e. The van der Waals surface area contributed by atoms with Crippen molar-refractivity contribution < 1.29 is 0 Å². The fourth-order valence-corrected chi connectivity index (χ4v) is 3.20. The van der Waals surface area contributed by atoms with Gasteiger partial charge < -0.3 is 9.88 Å². The molecule has 1 aliphatic rings. The van der Waals surface area contributed by atoms with Gasteiger partial charge in [0.15, 0.2) is 0 Å². The second-order valence-corrected chi connectivity index (χ2v) is 6.58. The number of aromatic nitrogens is 4. The van der Waals surface area contributed by atoms with E-state index in [-0.39, 0.29) is 0 Å². The number of nitrogens with zero attached hydrogens (tertiary/aromatic N) is 4. The summed E-state index contributed by atoms with van der Waals surface area (Å²) in [5.41, 5.74) is 1.18. The third-order valence-electron chi connectivity index (χ3n) is 3.55. The molecule has 0 amide bonds. The smallest absolute Gasteiger partial charge is 0.205 e. The van der Waals surface area contributed by atoms with Crippen molar-refractivity contribution in [2.45, 2.75) is 52.0 Å². The lowest BCUT2D eigenvalue weighted by atomic mass is 10.2. The van der Waals surface area contributed by atoms with Crippen molar-refractivity contribution in [2.75, 3.05) is 11.9 Å². The highest BCUT2D eigenvalue weighted by molar-refractivity contribution is 7.15. The van der Waals surface area contributed by atoms with Crippen molar-refractivity contribution in [3.63, 3.8) is 0 Å². The van der Waals surface area contributed by atoms with E-state index in [4.69, 9.17) is 4.98 Å². The van der Waals surface area contributed by atoms with Gasteiger partial charge in [0.25, 0.3) is 0 Å². The molecule has 5 nitrogen and oxygen atoms in total. The van der Waals surface area contributed by atoms with Crippen LogP contribution in [0, 0.1) is 0 Å². The maximum atomic E-state index is 4.71. The third-order valence-corrected chi connectivity index (χ3v) is 4.73. The van der Waals surface area contributed by atoms with Crippen molar-refractivity contribution in [2.24, 2.45) is 0 Å². The average molecular weight is 291 g/mol. The minimum Gasteiger partial charge on any atom is -0.360 e. The van der Waals surface area contributed by atoms with Crippen molar-refractivity contribution in [3.05, 3.63) is 22.7 Å². The van der Waals surface area contributed by atoms with Gasteiger partial charge in [-0.15, -0.1) is 10.2 Å². The summed E-state index contributed by atoms with van der Waals surface area (Å²) in [6.45, 7) is 6.27. The van der Waals surface area contributed by atoms with E-state index in [1.54, 1.807) is 11.3 Å². The molecule has 1 aliphatic heterocycles. The molecule has 3 rings (SSSR count). The molecule has 0 bridgehead atoms. The first-order chi connectivity index (χ1) is 9.72. The fraction of sp³-hybridized carbons (Fsp3) is 0.643. The topological polar surface area (TPSA) is 55.6 Å². The van der Waals surface area contributed by atoms with Crippen LogP contribution in [-0.4, -0.2) is 26.3 Å². The van der Waals surface area contributed by atoms with Crippen LogP contribution in [0.15, 0.2) is 6.20 Å². The second kappa shape index (κ2) is 5.91. The lowest BCUT2D eigenvalue weighted by Gasteiger charge is -2.11. The van der Waals surface area contributed by atoms with Crippen molar-refractivity contribution in [1.82, 2.24) is 19.7 Å². The number of rotatable bonds is 5. The van der Waals surface area contributed by atoms with Crippen molar-refractivity contribution in [1.29, 1.82) is 0 Å². The molecule has 0 saturated heterocycles. The summed E-state index contributed by atoms with van der Waals surface area (Å²) in [6.07, 6.45) is 6.83. The molecule has 0 fully saturated rings. The quantitative estimate of drug-likeness (QED) is 0.920. The maximum absolute atomic E-state index is 4.71. The predicted molar refractivity (Wildman–Crippen MR) is 81.4 cm³/mol. The van der Waals surface area contributed by atoms with Crippen LogP contribution in [0.3, 0.4) is 0 Å². The van der Waals surface area contributed by atoms with Gasteiger partial charge in [0.05, 0.1) is 5.69 Å². The van der Waals surface area contributed by atoms with Gasteiger partial charge in [-0.2, -0.15) is 0 Å². The Labute approximate surface area is 123 Å². The molecule has 0 saturated carbocycles. The molecule has 3 heterocycles. The lowest BCUT2D eigenvalue weighted by molar-refractivity contribution is 0.522. The minimum atomic E-state index is 0.447. The van der Waals surface area contributed by atoms with E-state index in [9.17, 15) is 0 Å². The Morgan fingerprint density at radius 1 is 1.35 bits per heavy atom. The molecular weight excluding hydrogens is 270 g/mol. The molecule has 0 radical (unpaired) electrons. The summed E-state index contributed by atoms with van der Waals surface area (Å²) < 4.78 is 2.31. The zero-order valence-electron chi connectivity index (χ0n) is 12.1. The van der Waals surface area contributed by atoms with Crippen LogP contribution in [0.1, 0.15) is 49.1 Å². The molecule has 1 N–H and O–H groups in total. The van der Waals surface area contributed by atoms with E-state index in [0.717, 1.165) is 36.1 Å². The highest BCUT2D eigenvalue weighted by Crippen LogP contribution is 2.22. The summed E-state index contributed by atoms with van der Waals surface area (Å²) in [7, 11) is 0. The average Bonchev–Trinajstić information content (AvgIpc) is 3.04. The van der Waals surface area contributed by atoms with Gasteiger partial charge in [-0.05, 0) is 12.8 Å². The first-order valence-corrected chi connectivity index (χ1v) is 8.16. The van der Waals surface area contributed by atoms with E-state index < -0.39 is 0 Å². The number of hydrogen-bond acceptors (Lipinski definition) is 5. The van der Waals surface area contributed by atoms with Gasteiger partial charge in [0, 0.05) is 38.0 Å². The van der Waals surface area contributed by atoms with Crippen LogP contribution < -0.4 is 5.32 Å². The van der Waals surface area contributed by atoms with E-state index in [1.165, 1.54) is 24.4 Å². The minimum absolute atomic E-state index is 0.447. The Kier molecular flexibility index (Phi) is 4.00. The highest BCUT2D eigenvalue weighted by Gasteiger charge is 2.12. The molecule has 0 atom stereocenters. The van der Waals surface area contributed by atoms with Gasteiger partial charge in [-0.1, -0.05) is 25.2 Å². The summed E-state index contributed by atoms with van der Waals surface area (Å²) in [5, 5.41) is 13.7. The number of aryl methyl sites for hydroxylation is 2. The Balaban J connectivity index is 1.53. The molecule has 2 aromatic heterocycles. The Bertz CT molecular complexity index is 548. The zero-order chi connectivity index (χ0) is 13.9. The first kappa shape index (κ1) is 13.5. The third kappa shape index (κ3) is 3.00. The molecule has 0 unspecified atom stereocenters. The Hall–Kier alpha value is -1.43. The molecule has 20 heavy (non-hydrogen) atoms. The summed E-state index contributed by atoms with van der Waals surface area (Å²) in [6, 6.07) is 0. The van der Waals surface area contributed by atoms with Crippen LogP contribution in [0.5, 0.6) is 0 Å². The number of hydrogen-bond donors (Lipinski definition) is 1. The second-order valence-electron chi connectivity index (χ2n) is 5.58. The summed E-state index contributed by atoms with van der Waals surface area (Å²) in [5.74, 6) is 1.70. The Morgan fingerprint density at radius 2 is 2.25 bits per heavy atom. The van der Waals surface area contributed by atoms with Crippen LogP contribution >= 0.6 is 11.3 Å². The molecule has 0 aromatic carbocycles. The van der Waals surface area contributed by atoms with Crippen LogP contribution in [0.4, 0.5) is 5.13 Å². The fourth-order valence-electron chi connectivity index (χ4n) is 2.43. The van der Waals surface area contributed by atoms with Crippen LogP contribution in [-0.2, 0) is 19.4 Å². The van der Waals surface area contributed by atoms with Gasteiger partial charge in [0.2, 0.25) is 5.13 Å². The van der Waals surface area contributed by atoms with Crippen molar-refractivity contribution >= 4 is 16.5 Å². The van der Waals surface area contributed by atoms with Gasteiger partial charge in [-0.3, -0.25) is 0 Å². The molecule has 6 heteroatoms. The number of nitrogens with one attached hydrogen (secondary N) is 1. The number of imidazole rings is 1. The zero-order valence-corrected chi connectivity index (χ0v) is 12.9. The molecular formula is C14H21N5S. The SMILES string of the molecule is CC(C)c1nnc(NCCc2cn3c(n2)CCCC3)s1. The van der Waals surface area contributed by atoms with E-state index in [1.807, 2.05) is 0 Å². The monoisotopic (exact) mass is 291 g/mol. The highest BCUT2D eigenvalue weighted by atomic mass is 32.1. The summed E-state index contributed by atoms with van der Waals surface area (Å²) in [4.78, 5) is 4.71. The van der Waals surface area contributed by atoms with Crippen molar-refractivity contribution in [3.8, 4) is 0 Å². The van der Waals surface area contributed by atoms with Gasteiger partial charge in [-0.25, -0.2) is 4.98 Å². The Morgan fingerprint density at radius 3 is 3.00 bits per heavy atom. The molecule has 108 valence electrons.